The molecular formula is C9H10Br2N2. The van der Waals surface area contributed by atoms with Gasteiger partial charge in [0.05, 0.1) is 5.69 Å². The van der Waals surface area contributed by atoms with E-state index in [-0.39, 0.29) is 17.0 Å². The minimum atomic E-state index is 0. The van der Waals surface area contributed by atoms with Crippen LogP contribution >= 0.6 is 32.9 Å². The van der Waals surface area contributed by atoms with Gasteiger partial charge in [-0.05, 0) is 26.0 Å². The van der Waals surface area contributed by atoms with Crippen molar-refractivity contribution in [3.05, 3.63) is 34.2 Å². The number of hydrogen-bond acceptors (Lipinski definition) is 1. The fraction of sp³-hybridized carbons (Fsp3) is 0.222. The molecule has 70 valence electrons. The fourth-order valence-electron chi connectivity index (χ4n) is 1.26. The highest BCUT2D eigenvalue weighted by molar-refractivity contribution is 9.10. The zero-order valence-electron chi connectivity index (χ0n) is 7.41. The number of imidazole rings is 1. The van der Waals surface area contributed by atoms with Crippen molar-refractivity contribution in [1.82, 2.24) is 9.38 Å². The lowest BCUT2D eigenvalue weighted by Crippen LogP contribution is -1.85. The van der Waals surface area contributed by atoms with Gasteiger partial charge in [0.2, 0.25) is 0 Å². The number of aromatic nitrogens is 2. The Morgan fingerprint density at radius 3 is 2.77 bits per heavy atom. The van der Waals surface area contributed by atoms with E-state index in [9.17, 15) is 0 Å². The number of halogens is 2. The van der Waals surface area contributed by atoms with Crippen LogP contribution in [0.5, 0.6) is 0 Å². The number of fused-ring (bicyclic) bond motifs is 1. The van der Waals surface area contributed by atoms with Gasteiger partial charge in [-0.15, -0.1) is 17.0 Å². The molecule has 0 amide bonds. The van der Waals surface area contributed by atoms with Crippen LogP contribution in [0.15, 0.2) is 22.8 Å². The van der Waals surface area contributed by atoms with Gasteiger partial charge in [0.25, 0.3) is 0 Å². The van der Waals surface area contributed by atoms with Gasteiger partial charge in [0.15, 0.2) is 0 Å². The second kappa shape index (κ2) is 3.80. The molecule has 0 N–H and O–H groups in total. The second-order valence-electron chi connectivity index (χ2n) is 2.86. The normalized spacial score (nSPS) is 10.1. The number of nitrogens with zero attached hydrogens (tertiary/aromatic N) is 2. The SMILES string of the molecule is Br.Cc1nc2cc(Br)ccn2c1C. The summed E-state index contributed by atoms with van der Waals surface area (Å²) in [5.41, 5.74) is 3.30. The minimum Gasteiger partial charge on any atom is -0.304 e. The quantitative estimate of drug-likeness (QED) is 0.730. The molecule has 0 aliphatic rings. The Morgan fingerprint density at radius 1 is 1.38 bits per heavy atom. The summed E-state index contributed by atoms with van der Waals surface area (Å²) < 4.78 is 3.15. The summed E-state index contributed by atoms with van der Waals surface area (Å²) in [5, 5.41) is 0. The Kier molecular flexibility index (Phi) is 3.14. The topological polar surface area (TPSA) is 17.3 Å². The summed E-state index contributed by atoms with van der Waals surface area (Å²) in [4.78, 5) is 4.41. The lowest BCUT2D eigenvalue weighted by atomic mass is 10.4. The van der Waals surface area contributed by atoms with Gasteiger partial charge in [-0.3, -0.25) is 0 Å². The first kappa shape index (κ1) is 10.7. The maximum atomic E-state index is 4.41. The van der Waals surface area contributed by atoms with Crippen LogP contribution in [-0.2, 0) is 0 Å². The molecule has 0 bridgehead atoms. The van der Waals surface area contributed by atoms with E-state index in [4.69, 9.17) is 0 Å². The van der Waals surface area contributed by atoms with E-state index in [0.717, 1.165) is 15.8 Å². The van der Waals surface area contributed by atoms with Crippen LogP contribution in [0, 0.1) is 13.8 Å². The van der Waals surface area contributed by atoms with E-state index < -0.39 is 0 Å². The molecule has 2 aromatic heterocycles. The summed E-state index contributed by atoms with van der Waals surface area (Å²) in [5.74, 6) is 0. The van der Waals surface area contributed by atoms with Crippen LogP contribution in [0.1, 0.15) is 11.4 Å². The molecule has 0 saturated heterocycles. The van der Waals surface area contributed by atoms with Crippen LogP contribution in [0.3, 0.4) is 0 Å². The smallest absolute Gasteiger partial charge is 0.138 e. The molecule has 0 fully saturated rings. The Bertz CT molecular complexity index is 434. The summed E-state index contributed by atoms with van der Waals surface area (Å²) >= 11 is 3.41. The third-order valence-corrected chi connectivity index (χ3v) is 2.56. The molecule has 0 spiro atoms. The van der Waals surface area contributed by atoms with Crippen molar-refractivity contribution in [2.45, 2.75) is 13.8 Å². The molecule has 4 heteroatoms. The van der Waals surface area contributed by atoms with E-state index in [0.29, 0.717) is 0 Å². The Morgan fingerprint density at radius 2 is 2.08 bits per heavy atom. The van der Waals surface area contributed by atoms with Crippen LogP contribution in [0.25, 0.3) is 5.65 Å². The van der Waals surface area contributed by atoms with Crippen molar-refractivity contribution in [2.24, 2.45) is 0 Å². The molecule has 0 radical (unpaired) electrons. The van der Waals surface area contributed by atoms with Crippen molar-refractivity contribution >= 4 is 38.6 Å². The van der Waals surface area contributed by atoms with E-state index in [1.807, 2.05) is 25.3 Å². The predicted molar refractivity (Wildman–Crippen MR) is 62.7 cm³/mol. The molecule has 13 heavy (non-hydrogen) atoms. The van der Waals surface area contributed by atoms with E-state index in [1.54, 1.807) is 0 Å². The number of hydrogen-bond donors (Lipinski definition) is 0. The zero-order chi connectivity index (χ0) is 8.72. The third-order valence-electron chi connectivity index (χ3n) is 2.06. The molecule has 0 aromatic carbocycles. The van der Waals surface area contributed by atoms with Gasteiger partial charge in [0.1, 0.15) is 5.65 Å². The standard InChI is InChI=1S/C9H9BrN2.BrH/c1-6-7(2)12-4-3-8(10)5-9(12)11-6;/h3-5H,1-2H3;1H. The molecular weight excluding hydrogens is 296 g/mol. The van der Waals surface area contributed by atoms with Crippen molar-refractivity contribution in [3.8, 4) is 0 Å². The highest BCUT2D eigenvalue weighted by Gasteiger charge is 2.02. The van der Waals surface area contributed by atoms with Crippen LogP contribution in [-0.4, -0.2) is 9.38 Å². The number of rotatable bonds is 0. The fourth-order valence-corrected chi connectivity index (χ4v) is 1.58. The summed E-state index contributed by atoms with van der Waals surface area (Å²) in [6.45, 7) is 4.10. The highest BCUT2D eigenvalue weighted by Crippen LogP contribution is 2.15. The van der Waals surface area contributed by atoms with Crippen molar-refractivity contribution in [1.29, 1.82) is 0 Å². The van der Waals surface area contributed by atoms with E-state index in [1.165, 1.54) is 5.69 Å². The lowest BCUT2D eigenvalue weighted by molar-refractivity contribution is 1.09. The van der Waals surface area contributed by atoms with Crippen LogP contribution < -0.4 is 0 Å². The first-order chi connectivity index (χ1) is 5.68. The van der Waals surface area contributed by atoms with Crippen LogP contribution in [0.4, 0.5) is 0 Å². The largest absolute Gasteiger partial charge is 0.304 e. The van der Waals surface area contributed by atoms with Crippen molar-refractivity contribution in [3.63, 3.8) is 0 Å². The first-order valence-electron chi connectivity index (χ1n) is 3.79. The van der Waals surface area contributed by atoms with E-state index >= 15 is 0 Å². The molecule has 0 aliphatic carbocycles. The minimum absolute atomic E-state index is 0. The molecule has 0 aliphatic heterocycles. The Hall–Kier alpha value is -0.350. The molecule has 0 unspecified atom stereocenters. The molecule has 2 rings (SSSR count). The van der Waals surface area contributed by atoms with E-state index in [2.05, 4.69) is 32.2 Å². The Labute approximate surface area is 95.9 Å². The lowest BCUT2D eigenvalue weighted by Gasteiger charge is -1.95. The van der Waals surface area contributed by atoms with Gasteiger partial charge < -0.3 is 4.40 Å². The first-order valence-corrected chi connectivity index (χ1v) is 4.58. The van der Waals surface area contributed by atoms with Gasteiger partial charge >= 0.3 is 0 Å². The number of pyridine rings is 1. The summed E-state index contributed by atoms with van der Waals surface area (Å²) in [6.07, 6.45) is 2.02. The number of aryl methyl sites for hydroxylation is 2. The predicted octanol–water partition coefficient (Wildman–Crippen LogP) is 3.29. The zero-order valence-corrected chi connectivity index (χ0v) is 10.7. The second-order valence-corrected chi connectivity index (χ2v) is 3.77. The Balaban J connectivity index is 0.000000845. The molecule has 2 nitrogen and oxygen atoms in total. The monoisotopic (exact) mass is 304 g/mol. The molecule has 0 saturated carbocycles. The molecule has 2 heterocycles. The molecule has 0 atom stereocenters. The maximum Gasteiger partial charge on any atom is 0.138 e. The van der Waals surface area contributed by atoms with Gasteiger partial charge in [-0.2, -0.15) is 0 Å². The molecule has 2 aromatic rings. The summed E-state index contributed by atoms with van der Waals surface area (Å²) in [7, 11) is 0. The average molecular weight is 306 g/mol. The average Bonchev–Trinajstić information content (AvgIpc) is 2.28. The third kappa shape index (κ3) is 1.79. The highest BCUT2D eigenvalue weighted by atomic mass is 79.9. The van der Waals surface area contributed by atoms with Crippen LogP contribution in [0.2, 0.25) is 0 Å². The van der Waals surface area contributed by atoms with Crippen molar-refractivity contribution < 1.29 is 0 Å². The summed E-state index contributed by atoms with van der Waals surface area (Å²) in [6, 6.07) is 4.03. The van der Waals surface area contributed by atoms with Gasteiger partial charge in [0, 0.05) is 16.4 Å². The van der Waals surface area contributed by atoms with Gasteiger partial charge in [-0.25, -0.2) is 4.98 Å². The maximum absolute atomic E-state index is 4.41. The van der Waals surface area contributed by atoms with Gasteiger partial charge in [-0.1, -0.05) is 15.9 Å². The van der Waals surface area contributed by atoms with Crippen molar-refractivity contribution in [2.75, 3.05) is 0 Å².